The molecule has 1 aromatic carbocycles. The lowest BCUT2D eigenvalue weighted by atomic mass is 9.84. The molecule has 5 nitrogen and oxygen atoms in total. The van der Waals surface area contributed by atoms with E-state index in [0.717, 1.165) is 32.5 Å². The van der Waals surface area contributed by atoms with Crippen molar-refractivity contribution in [3.05, 3.63) is 41.9 Å². The van der Waals surface area contributed by atoms with E-state index in [-0.39, 0.29) is 17.7 Å². The van der Waals surface area contributed by atoms with Gasteiger partial charge in [0.05, 0.1) is 12.7 Å². The highest BCUT2D eigenvalue weighted by Crippen LogP contribution is 2.29. The molecular weight excluding hydrogens is 323 g/mol. The van der Waals surface area contributed by atoms with E-state index in [0.29, 0.717) is 23.0 Å². The zero-order valence-corrected chi connectivity index (χ0v) is 14.1. The highest BCUT2D eigenvalue weighted by Gasteiger charge is 2.35. The third-order valence-electron chi connectivity index (χ3n) is 5.24. The molecule has 3 saturated heterocycles. The number of hydrogen-bond acceptors (Lipinski definition) is 4. The van der Waals surface area contributed by atoms with Crippen molar-refractivity contribution in [2.45, 2.75) is 18.9 Å². The lowest BCUT2D eigenvalue weighted by Crippen LogP contribution is -2.57. The molecule has 1 amide bonds. The smallest absolute Gasteiger partial charge is 0.287 e. The number of fused-ring (bicyclic) bond motifs is 3. The molecule has 6 heteroatoms. The van der Waals surface area contributed by atoms with Gasteiger partial charge in [0.15, 0.2) is 5.76 Å². The van der Waals surface area contributed by atoms with Gasteiger partial charge in [-0.25, -0.2) is 4.39 Å². The lowest BCUT2D eigenvalue weighted by Gasteiger charge is -2.44. The van der Waals surface area contributed by atoms with Crippen LogP contribution in [0, 0.1) is 11.7 Å². The van der Waals surface area contributed by atoms with Gasteiger partial charge in [-0.2, -0.15) is 0 Å². The predicted molar refractivity (Wildman–Crippen MR) is 91.1 cm³/mol. The van der Waals surface area contributed by atoms with Crippen molar-refractivity contribution in [3.63, 3.8) is 0 Å². The van der Waals surface area contributed by atoms with Gasteiger partial charge in [-0.15, -0.1) is 0 Å². The summed E-state index contributed by atoms with van der Waals surface area (Å²) < 4.78 is 24.8. The van der Waals surface area contributed by atoms with Crippen LogP contribution in [0.15, 0.2) is 34.7 Å². The maximum Gasteiger partial charge on any atom is 0.287 e. The molecule has 0 unspecified atom stereocenters. The van der Waals surface area contributed by atoms with E-state index in [1.54, 1.807) is 24.3 Å². The number of amides is 1. The Bertz CT molecular complexity index is 781. The quantitative estimate of drug-likeness (QED) is 0.927. The fraction of sp³-hybridized carbons (Fsp3) is 0.421. The highest BCUT2D eigenvalue weighted by molar-refractivity contribution is 5.92. The van der Waals surface area contributed by atoms with Gasteiger partial charge in [0.2, 0.25) is 0 Å². The highest BCUT2D eigenvalue weighted by atomic mass is 19.1. The molecule has 25 heavy (non-hydrogen) atoms. The molecule has 3 aliphatic heterocycles. The van der Waals surface area contributed by atoms with Gasteiger partial charge in [-0.05, 0) is 56.1 Å². The molecule has 4 heterocycles. The van der Waals surface area contributed by atoms with Crippen LogP contribution in [0.4, 0.5) is 4.39 Å². The van der Waals surface area contributed by atoms with Gasteiger partial charge in [0, 0.05) is 18.7 Å². The van der Waals surface area contributed by atoms with Gasteiger partial charge in [-0.1, -0.05) is 0 Å². The number of nitrogens with zero attached hydrogens (tertiary/aromatic N) is 1. The van der Waals surface area contributed by atoms with E-state index in [2.05, 4.69) is 10.2 Å². The van der Waals surface area contributed by atoms with Crippen molar-refractivity contribution >= 4 is 5.91 Å². The fourth-order valence-corrected chi connectivity index (χ4v) is 3.80. The minimum Gasteiger partial charge on any atom is -0.497 e. The van der Waals surface area contributed by atoms with E-state index < -0.39 is 5.82 Å². The maximum atomic E-state index is 14.2. The minimum atomic E-state index is -0.446. The van der Waals surface area contributed by atoms with Crippen molar-refractivity contribution in [1.29, 1.82) is 0 Å². The first-order valence-electron chi connectivity index (χ1n) is 8.61. The zero-order chi connectivity index (χ0) is 17.4. The van der Waals surface area contributed by atoms with Crippen molar-refractivity contribution in [2.75, 3.05) is 26.7 Å². The second-order valence-corrected chi connectivity index (χ2v) is 6.73. The molecule has 1 atom stereocenters. The summed E-state index contributed by atoms with van der Waals surface area (Å²) in [5.41, 5.74) is 0.308. The van der Waals surface area contributed by atoms with Crippen LogP contribution >= 0.6 is 0 Å². The van der Waals surface area contributed by atoms with Gasteiger partial charge in [0.1, 0.15) is 17.3 Å². The first-order chi connectivity index (χ1) is 12.1. The largest absolute Gasteiger partial charge is 0.497 e. The fourth-order valence-electron chi connectivity index (χ4n) is 3.80. The SMILES string of the molecule is COc1ccc(-c2ccc(C(=O)N[C@H]3CN4CCC3CC4)o2)c(F)c1. The molecule has 0 aliphatic carbocycles. The molecule has 132 valence electrons. The summed E-state index contributed by atoms with van der Waals surface area (Å²) in [7, 11) is 1.48. The predicted octanol–water partition coefficient (Wildman–Crippen LogP) is 2.92. The van der Waals surface area contributed by atoms with E-state index in [1.165, 1.54) is 13.2 Å². The second-order valence-electron chi connectivity index (χ2n) is 6.73. The monoisotopic (exact) mass is 344 g/mol. The minimum absolute atomic E-state index is 0.168. The summed E-state index contributed by atoms with van der Waals surface area (Å²) in [4.78, 5) is 14.9. The number of rotatable bonds is 4. The summed E-state index contributed by atoms with van der Waals surface area (Å²) in [6, 6.07) is 7.92. The Morgan fingerprint density at radius 3 is 2.72 bits per heavy atom. The summed E-state index contributed by atoms with van der Waals surface area (Å²) in [6.45, 7) is 3.15. The first kappa shape index (κ1) is 16.1. The summed E-state index contributed by atoms with van der Waals surface area (Å²) in [5.74, 6) is 0.841. The van der Waals surface area contributed by atoms with Crippen LogP contribution < -0.4 is 10.1 Å². The number of methoxy groups -OCH3 is 1. The lowest BCUT2D eigenvalue weighted by molar-refractivity contribution is 0.0606. The maximum absolute atomic E-state index is 14.2. The van der Waals surface area contributed by atoms with Crippen LogP contribution in [0.3, 0.4) is 0 Å². The number of piperidine rings is 3. The molecule has 0 spiro atoms. The van der Waals surface area contributed by atoms with Gasteiger partial charge >= 0.3 is 0 Å². The number of furan rings is 1. The third-order valence-corrected chi connectivity index (χ3v) is 5.24. The first-order valence-corrected chi connectivity index (χ1v) is 8.61. The van der Waals surface area contributed by atoms with E-state index in [9.17, 15) is 9.18 Å². The Labute approximate surface area is 145 Å². The average molecular weight is 344 g/mol. The zero-order valence-electron chi connectivity index (χ0n) is 14.1. The Morgan fingerprint density at radius 1 is 1.28 bits per heavy atom. The normalized spacial score (nSPS) is 25.0. The molecule has 0 saturated carbocycles. The number of benzene rings is 1. The average Bonchev–Trinajstić information content (AvgIpc) is 3.12. The number of hydrogen-bond donors (Lipinski definition) is 1. The molecule has 0 radical (unpaired) electrons. The van der Waals surface area contributed by atoms with Crippen molar-refractivity contribution < 1.29 is 18.3 Å². The Hall–Kier alpha value is -2.34. The topological polar surface area (TPSA) is 54.7 Å². The summed E-state index contributed by atoms with van der Waals surface area (Å²) >= 11 is 0. The number of carbonyl (C=O) groups excluding carboxylic acids is 1. The van der Waals surface area contributed by atoms with Crippen LogP contribution in [0.1, 0.15) is 23.4 Å². The molecule has 2 bridgehead atoms. The van der Waals surface area contributed by atoms with Gasteiger partial charge in [0.25, 0.3) is 5.91 Å². The van der Waals surface area contributed by atoms with Crippen LogP contribution in [0.25, 0.3) is 11.3 Å². The Kier molecular flexibility index (Phi) is 4.21. The molecule has 1 N–H and O–H groups in total. The third kappa shape index (κ3) is 3.14. The van der Waals surface area contributed by atoms with Gasteiger partial charge in [-0.3, -0.25) is 4.79 Å². The number of carbonyl (C=O) groups is 1. The number of ether oxygens (including phenoxy) is 1. The molecule has 3 aliphatic rings. The molecule has 2 aromatic rings. The molecule has 1 aromatic heterocycles. The van der Waals surface area contributed by atoms with E-state index >= 15 is 0 Å². The van der Waals surface area contributed by atoms with Crippen molar-refractivity contribution in [2.24, 2.45) is 5.92 Å². The van der Waals surface area contributed by atoms with Crippen molar-refractivity contribution in [1.82, 2.24) is 10.2 Å². The van der Waals surface area contributed by atoms with Crippen LogP contribution in [0.2, 0.25) is 0 Å². The second kappa shape index (κ2) is 6.52. The molecular formula is C19H21FN2O3. The standard InChI is InChI=1S/C19H21FN2O3/c1-24-13-2-3-14(15(20)10-13)17-4-5-18(25-17)19(23)21-16-11-22-8-6-12(16)7-9-22/h2-5,10,12,16H,6-9,11H2,1H3,(H,21,23)/t16-/m0/s1. The van der Waals surface area contributed by atoms with E-state index in [4.69, 9.17) is 9.15 Å². The van der Waals surface area contributed by atoms with Crippen molar-refractivity contribution in [3.8, 4) is 17.1 Å². The van der Waals surface area contributed by atoms with E-state index in [1.807, 2.05) is 0 Å². The summed E-state index contributed by atoms with van der Waals surface area (Å²) in [5, 5.41) is 3.08. The molecule has 3 fully saturated rings. The number of halogens is 1. The van der Waals surface area contributed by atoms with Crippen LogP contribution in [-0.2, 0) is 0 Å². The molecule has 5 rings (SSSR count). The Balaban J connectivity index is 1.48. The number of nitrogens with one attached hydrogen (secondary N) is 1. The Morgan fingerprint density at radius 2 is 2.08 bits per heavy atom. The van der Waals surface area contributed by atoms with Gasteiger partial charge < -0.3 is 19.4 Å². The summed E-state index contributed by atoms with van der Waals surface area (Å²) in [6.07, 6.45) is 2.26. The van der Waals surface area contributed by atoms with Crippen LogP contribution in [0.5, 0.6) is 5.75 Å². The van der Waals surface area contributed by atoms with Crippen LogP contribution in [-0.4, -0.2) is 43.6 Å².